The van der Waals surface area contributed by atoms with Gasteiger partial charge < -0.3 is 11.5 Å². The molecule has 8 heteroatoms. The smallest absolute Gasteiger partial charge is 0.0739 e. The number of nitro groups is 2. The van der Waals surface area contributed by atoms with Crippen LogP contribution in [0.2, 0.25) is 0 Å². The standard InChI is InChI=1S/C6H16N2.2C3H6NO2/c7-5-3-1-2-4-6-8;2*1-3(2)4(5)6/h1-8H2;2*1-2H3/q;2*-1/p+2. The lowest BCUT2D eigenvalue weighted by atomic mass is 10.2. The molecule has 0 aliphatic heterocycles. The van der Waals surface area contributed by atoms with Crippen LogP contribution in [-0.4, -0.2) is 22.9 Å². The summed E-state index contributed by atoms with van der Waals surface area (Å²) in [6.45, 7) is 8.02. The van der Waals surface area contributed by atoms with Gasteiger partial charge in [-0.2, -0.15) is 0 Å². The average molecular weight is 294 g/mol. The van der Waals surface area contributed by atoms with Gasteiger partial charge in [0.2, 0.25) is 0 Å². The maximum Gasteiger partial charge on any atom is 0.0739 e. The number of nitrogens with zero attached hydrogens (tertiary/aromatic N) is 2. The SMILES string of the molecule is C[C-](C)[N+](=O)[O-].C[C-](C)[N+](=O)[O-].[NH3+]CCCCCC[NH3+]. The molecule has 0 fully saturated rings. The number of rotatable bonds is 7. The molecule has 0 aromatic heterocycles. The molecule has 6 N–H and O–H groups in total. The molecule has 0 aromatic carbocycles. The molecule has 0 aliphatic carbocycles. The summed E-state index contributed by atoms with van der Waals surface area (Å²) in [5.41, 5.74) is 7.54. The van der Waals surface area contributed by atoms with E-state index in [-0.39, 0.29) is 12.1 Å². The highest BCUT2D eigenvalue weighted by Crippen LogP contribution is 1.94. The Bertz CT molecular complexity index is 211. The molecule has 122 valence electrons. The van der Waals surface area contributed by atoms with Crippen molar-refractivity contribution < 1.29 is 21.3 Å². The fourth-order valence-electron chi connectivity index (χ4n) is 0.707. The molecule has 0 aromatic rings. The Morgan fingerprint density at radius 2 is 0.950 bits per heavy atom. The highest BCUT2D eigenvalue weighted by molar-refractivity contribution is 4.56. The van der Waals surface area contributed by atoms with Gasteiger partial charge in [-0.15, -0.1) is 37.5 Å². The Balaban J connectivity index is -0.000000221. The summed E-state index contributed by atoms with van der Waals surface area (Å²) in [5, 5.41) is 18.9. The Labute approximate surface area is 121 Å². The van der Waals surface area contributed by atoms with Crippen LogP contribution in [0, 0.1) is 32.3 Å². The van der Waals surface area contributed by atoms with E-state index >= 15 is 0 Å². The summed E-state index contributed by atoms with van der Waals surface area (Å²) in [4.78, 5) is 18.1. The number of quaternary nitrogens is 2. The zero-order chi connectivity index (χ0) is 16.6. The van der Waals surface area contributed by atoms with Crippen molar-refractivity contribution in [1.82, 2.24) is 0 Å². The summed E-state index contributed by atoms with van der Waals surface area (Å²) in [7, 11) is 0. The fraction of sp³-hybridized carbons (Fsp3) is 0.833. The van der Waals surface area contributed by atoms with Gasteiger partial charge in [-0.05, 0) is 25.7 Å². The molecule has 0 saturated carbocycles. The maximum atomic E-state index is 9.47. The first-order chi connectivity index (χ1) is 9.20. The monoisotopic (exact) mass is 294 g/mol. The van der Waals surface area contributed by atoms with Crippen molar-refractivity contribution in [3.05, 3.63) is 32.3 Å². The van der Waals surface area contributed by atoms with E-state index in [1.54, 1.807) is 0 Å². The molecule has 0 bridgehead atoms. The average Bonchev–Trinajstić information content (AvgIpc) is 2.36. The Kier molecular flexibility index (Phi) is 20.6. The van der Waals surface area contributed by atoms with E-state index in [1.807, 2.05) is 0 Å². The van der Waals surface area contributed by atoms with Crippen molar-refractivity contribution in [1.29, 1.82) is 0 Å². The van der Waals surface area contributed by atoms with Crippen LogP contribution in [-0.2, 0) is 0 Å². The third kappa shape index (κ3) is 30.0. The van der Waals surface area contributed by atoms with Gasteiger partial charge in [-0.25, -0.2) is 0 Å². The molecule has 20 heavy (non-hydrogen) atoms. The summed E-state index contributed by atoms with van der Waals surface area (Å²) in [6, 6.07) is 0.463. The van der Waals surface area contributed by atoms with Gasteiger partial charge in [0, 0.05) is 0 Å². The molecule has 0 heterocycles. The lowest BCUT2D eigenvalue weighted by Crippen LogP contribution is -2.50. The lowest BCUT2D eigenvalue weighted by Gasteiger charge is -2.03. The number of hydrogen-bond donors (Lipinski definition) is 2. The van der Waals surface area contributed by atoms with Crippen LogP contribution < -0.4 is 11.5 Å². The molecule has 0 saturated heterocycles. The van der Waals surface area contributed by atoms with Gasteiger partial charge in [0.15, 0.2) is 0 Å². The molecule has 0 amide bonds. The van der Waals surface area contributed by atoms with E-state index in [9.17, 15) is 20.2 Å². The minimum atomic E-state index is -0.417. The van der Waals surface area contributed by atoms with Gasteiger partial charge in [-0.3, -0.25) is 20.2 Å². The lowest BCUT2D eigenvalue weighted by molar-refractivity contribution is -0.461. The van der Waals surface area contributed by atoms with E-state index < -0.39 is 9.85 Å². The third-order valence-corrected chi connectivity index (χ3v) is 1.98. The first-order valence-corrected chi connectivity index (χ1v) is 6.68. The maximum absolute atomic E-state index is 9.47. The highest BCUT2D eigenvalue weighted by atomic mass is 16.6. The van der Waals surface area contributed by atoms with Crippen molar-refractivity contribution in [2.24, 2.45) is 0 Å². The van der Waals surface area contributed by atoms with Crippen LogP contribution in [0.25, 0.3) is 0 Å². The van der Waals surface area contributed by atoms with E-state index in [0.29, 0.717) is 0 Å². The highest BCUT2D eigenvalue weighted by Gasteiger charge is 1.86. The van der Waals surface area contributed by atoms with Crippen LogP contribution in [0.4, 0.5) is 0 Å². The first-order valence-electron chi connectivity index (χ1n) is 6.68. The van der Waals surface area contributed by atoms with Crippen LogP contribution >= 0.6 is 0 Å². The zero-order valence-electron chi connectivity index (χ0n) is 13.2. The van der Waals surface area contributed by atoms with E-state index in [1.165, 1.54) is 53.4 Å². The van der Waals surface area contributed by atoms with E-state index in [4.69, 9.17) is 0 Å². The second-order valence-electron chi connectivity index (χ2n) is 4.53. The summed E-state index contributed by atoms with van der Waals surface area (Å²) in [5.74, 6) is 0. The topological polar surface area (TPSA) is 142 Å². The molecule has 0 radical (unpaired) electrons. The summed E-state index contributed by atoms with van der Waals surface area (Å²) < 4.78 is 0. The van der Waals surface area contributed by atoms with Crippen LogP contribution in [0.1, 0.15) is 53.4 Å². The van der Waals surface area contributed by atoms with Crippen molar-refractivity contribution >= 4 is 0 Å². The second kappa shape index (κ2) is 17.5. The number of hydrogen-bond acceptors (Lipinski definition) is 4. The zero-order valence-corrected chi connectivity index (χ0v) is 13.2. The predicted octanol–water partition coefficient (Wildman–Crippen LogP) is 0.700. The first kappa shape index (κ1) is 23.5. The fourth-order valence-corrected chi connectivity index (χ4v) is 0.707. The van der Waals surface area contributed by atoms with Crippen LogP contribution in [0.5, 0.6) is 0 Å². The Morgan fingerprint density at radius 1 is 0.750 bits per heavy atom. The normalized spacial score (nSPS) is 8.50. The molecule has 8 nitrogen and oxygen atoms in total. The molecular weight excluding hydrogens is 264 g/mol. The van der Waals surface area contributed by atoms with Crippen LogP contribution in [0.3, 0.4) is 0 Å². The summed E-state index contributed by atoms with van der Waals surface area (Å²) >= 11 is 0. The van der Waals surface area contributed by atoms with Gasteiger partial charge in [0.05, 0.1) is 13.1 Å². The van der Waals surface area contributed by atoms with Gasteiger partial charge in [-0.1, -0.05) is 12.1 Å². The molecule has 0 aliphatic rings. The third-order valence-electron chi connectivity index (χ3n) is 1.98. The Hall–Kier alpha value is -1.54. The molecule has 0 spiro atoms. The minimum absolute atomic E-state index is 0.231. The molecule has 0 rings (SSSR count). The van der Waals surface area contributed by atoms with Crippen LogP contribution in [0.15, 0.2) is 0 Å². The van der Waals surface area contributed by atoms with Crippen molar-refractivity contribution in [3.63, 3.8) is 0 Å². The quantitative estimate of drug-likeness (QED) is 0.308. The second-order valence-corrected chi connectivity index (χ2v) is 4.53. The molecule has 0 unspecified atom stereocenters. The molecule has 0 atom stereocenters. The van der Waals surface area contributed by atoms with E-state index in [2.05, 4.69) is 11.5 Å². The number of unbranched alkanes of at least 4 members (excludes halogenated alkanes) is 3. The largest absolute Gasteiger partial charge is 0.358 e. The van der Waals surface area contributed by atoms with Gasteiger partial charge in [0.1, 0.15) is 0 Å². The van der Waals surface area contributed by atoms with Crippen molar-refractivity contribution in [2.45, 2.75) is 53.4 Å². The minimum Gasteiger partial charge on any atom is -0.358 e. The van der Waals surface area contributed by atoms with Gasteiger partial charge in [0.25, 0.3) is 0 Å². The summed E-state index contributed by atoms with van der Waals surface area (Å²) in [6.07, 6.45) is 5.28. The van der Waals surface area contributed by atoms with E-state index in [0.717, 1.165) is 13.1 Å². The molecular formula is C12H30N4O4. The predicted molar refractivity (Wildman–Crippen MR) is 77.1 cm³/mol. The Morgan fingerprint density at radius 3 is 1.05 bits per heavy atom. The van der Waals surface area contributed by atoms with Crippen molar-refractivity contribution in [2.75, 3.05) is 13.1 Å². The van der Waals surface area contributed by atoms with Crippen molar-refractivity contribution in [3.8, 4) is 0 Å². The van der Waals surface area contributed by atoms with Gasteiger partial charge >= 0.3 is 0 Å².